The van der Waals surface area contributed by atoms with Crippen LogP contribution in [0.5, 0.6) is 0 Å². The molecule has 2 heterocycles. The van der Waals surface area contributed by atoms with E-state index < -0.39 is 0 Å². The summed E-state index contributed by atoms with van der Waals surface area (Å²) in [5, 5.41) is 5.56. The van der Waals surface area contributed by atoms with E-state index in [9.17, 15) is 9.59 Å². The summed E-state index contributed by atoms with van der Waals surface area (Å²) < 4.78 is 5.28. The van der Waals surface area contributed by atoms with Gasteiger partial charge < -0.3 is 10.1 Å². The molecule has 3 rings (SSSR count). The van der Waals surface area contributed by atoms with Crippen LogP contribution in [0.4, 0.5) is 0 Å². The smallest absolute Gasteiger partial charge is 0.306 e. The number of nitrogens with one attached hydrogen (secondary N) is 1. The van der Waals surface area contributed by atoms with Crippen molar-refractivity contribution in [1.29, 1.82) is 0 Å². The van der Waals surface area contributed by atoms with Crippen LogP contribution in [0.25, 0.3) is 10.6 Å². The van der Waals surface area contributed by atoms with Crippen LogP contribution in [0.3, 0.4) is 0 Å². The highest BCUT2D eigenvalue weighted by atomic mass is 32.1. The highest BCUT2D eigenvalue weighted by molar-refractivity contribution is 7.15. The molecule has 7 heteroatoms. The molecule has 0 aliphatic rings. The molecule has 2 aromatic heterocycles. The first kappa shape index (κ1) is 18.3. The lowest BCUT2D eigenvalue weighted by molar-refractivity contribution is -0.144. The molecule has 134 valence electrons. The van der Waals surface area contributed by atoms with Crippen molar-refractivity contribution in [3.05, 3.63) is 63.8 Å². The Balaban J connectivity index is 1.35. The molecule has 0 saturated heterocycles. The second-order valence-electron chi connectivity index (χ2n) is 5.50. The summed E-state index contributed by atoms with van der Waals surface area (Å²) in [4.78, 5) is 29.5. The van der Waals surface area contributed by atoms with Gasteiger partial charge >= 0.3 is 5.97 Å². The van der Waals surface area contributed by atoms with Crippen LogP contribution >= 0.6 is 22.7 Å². The van der Waals surface area contributed by atoms with Crippen molar-refractivity contribution in [3.8, 4) is 10.6 Å². The van der Waals surface area contributed by atoms with Crippen LogP contribution in [0.2, 0.25) is 0 Å². The lowest BCUT2D eigenvalue weighted by Crippen LogP contribution is -2.24. The average Bonchev–Trinajstić information content (AvgIpc) is 3.36. The molecule has 0 atom stereocenters. The van der Waals surface area contributed by atoms with Crippen LogP contribution in [0, 0.1) is 0 Å². The quantitative estimate of drug-likeness (QED) is 0.467. The van der Waals surface area contributed by atoms with E-state index in [-0.39, 0.29) is 24.9 Å². The van der Waals surface area contributed by atoms with Crippen molar-refractivity contribution < 1.29 is 14.3 Å². The van der Waals surface area contributed by atoms with Crippen LogP contribution in [0.1, 0.15) is 27.4 Å². The summed E-state index contributed by atoms with van der Waals surface area (Å²) in [5.41, 5.74) is 1.05. The van der Waals surface area contributed by atoms with E-state index in [0.717, 1.165) is 15.4 Å². The number of esters is 1. The fraction of sp³-hybridized carbons (Fsp3) is 0.211. The zero-order valence-corrected chi connectivity index (χ0v) is 15.6. The van der Waals surface area contributed by atoms with Crippen LogP contribution in [-0.2, 0) is 16.1 Å². The summed E-state index contributed by atoms with van der Waals surface area (Å²) in [6, 6.07) is 13.5. The van der Waals surface area contributed by atoms with Crippen molar-refractivity contribution in [1.82, 2.24) is 10.3 Å². The molecular weight excluding hydrogens is 368 g/mol. The molecule has 1 aromatic carbocycles. The Morgan fingerprint density at radius 2 is 1.96 bits per heavy atom. The maximum absolute atomic E-state index is 11.8. The van der Waals surface area contributed by atoms with Gasteiger partial charge in [-0.1, -0.05) is 36.4 Å². The second kappa shape index (κ2) is 9.26. The van der Waals surface area contributed by atoms with Crippen molar-refractivity contribution in [2.45, 2.75) is 19.4 Å². The number of thiophene rings is 1. The maximum atomic E-state index is 11.8. The van der Waals surface area contributed by atoms with Crippen molar-refractivity contribution in [2.75, 3.05) is 6.54 Å². The first-order valence-corrected chi connectivity index (χ1v) is 9.89. The Labute approximate surface area is 159 Å². The van der Waals surface area contributed by atoms with Crippen molar-refractivity contribution in [3.63, 3.8) is 0 Å². The lowest BCUT2D eigenvalue weighted by Gasteiger charge is -2.04. The summed E-state index contributed by atoms with van der Waals surface area (Å²) in [6.07, 6.45) is 2.56. The first-order chi connectivity index (χ1) is 12.7. The SMILES string of the molecule is O=C(CCCNC(=O)c1cccs1)OCc1cnc(-c2ccccc2)s1. The number of aromatic nitrogens is 1. The first-order valence-electron chi connectivity index (χ1n) is 8.20. The van der Waals surface area contributed by atoms with Gasteiger partial charge in [-0.3, -0.25) is 9.59 Å². The Hall–Kier alpha value is -2.51. The van der Waals surface area contributed by atoms with E-state index >= 15 is 0 Å². The van der Waals surface area contributed by atoms with Gasteiger partial charge in [0.25, 0.3) is 5.91 Å². The lowest BCUT2D eigenvalue weighted by atomic mass is 10.2. The summed E-state index contributed by atoms with van der Waals surface area (Å²) in [6.45, 7) is 0.676. The molecular formula is C19H18N2O3S2. The highest BCUT2D eigenvalue weighted by Gasteiger charge is 2.09. The molecule has 0 saturated carbocycles. The van der Waals surface area contributed by atoms with E-state index in [1.165, 1.54) is 22.7 Å². The predicted octanol–water partition coefficient (Wildman–Crippen LogP) is 4.13. The molecule has 1 amide bonds. The summed E-state index contributed by atoms with van der Waals surface area (Å²) >= 11 is 2.91. The number of ether oxygens (including phenoxy) is 1. The molecule has 1 N–H and O–H groups in total. The van der Waals surface area contributed by atoms with Gasteiger partial charge in [0.1, 0.15) is 11.6 Å². The Morgan fingerprint density at radius 3 is 2.73 bits per heavy atom. The van der Waals surface area contributed by atoms with Crippen LogP contribution in [-0.4, -0.2) is 23.4 Å². The Kier molecular flexibility index (Phi) is 6.51. The molecule has 0 bridgehead atoms. The van der Waals surface area contributed by atoms with E-state index in [4.69, 9.17) is 4.74 Å². The van der Waals surface area contributed by atoms with E-state index in [0.29, 0.717) is 17.8 Å². The number of carbonyl (C=O) groups excluding carboxylic acids is 2. The van der Waals surface area contributed by atoms with E-state index in [2.05, 4.69) is 10.3 Å². The van der Waals surface area contributed by atoms with E-state index in [1.807, 2.05) is 41.8 Å². The number of hydrogen-bond donors (Lipinski definition) is 1. The molecule has 3 aromatic rings. The number of rotatable bonds is 8. The molecule has 0 aliphatic carbocycles. The second-order valence-corrected chi connectivity index (χ2v) is 7.56. The number of amides is 1. The van der Waals surface area contributed by atoms with Crippen molar-refractivity contribution in [2.24, 2.45) is 0 Å². The number of benzene rings is 1. The number of nitrogens with zero attached hydrogens (tertiary/aromatic N) is 1. The average molecular weight is 386 g/mol. The van der Waals surface area contributed by atoms with Gasteiger partial charge in [-0.05, 0) is 17.9 Å². The standard InChI is InChI=1S/C19H18N2O3S2/c22-17(9-4-10-20-18(23)16-8-5-11-25-16)24-13-15-12-21-19(26-15)14-6-2-1-3-7-14/h1-3,5-8,11-12H,4,9-10,13H2,(H,20,23). The summed E-state index contributed by atoms with van der Waals surface area (Å²) in [5.74, 6) is -0.378. The minimum absolute atomic E-state index is 0.105. The van der Waals surface area contributed by atoms with Gasteiger partial charge in [0, 0.05) is 24.7 Å². The minimum atomic E-state index is -0.273. The third kappa shape index (κ3) is 5.24. The predicted molar refractivity (Wildman–Crippen MR) is 103 cm³/mol. The van der Waals surface area contributed by atoms with Gasteiger partial charge in [-0.2, -0.15) is 0 Å². The van der Waals surface area contributed by atoms with Gasteiger partial charge in [0.15, 0.2) is 0 Å². The third-order valence-electron chi connectivity index (χ3n) is 3.54. The maximum Gasteiger partial charge on any atom is 0.306 e. The molecule has 0 spiro atoms. The number of hydrogen-bond acceptors (Lipinski definition) is 6. The van der Waals surface area contributed by atoms with Crippen LogP contribution in [0.15, 0.2) is 54.0 Å². The topological polar surface area (TPSA) is 68.3 Å². The monoisotopic (exact) mass is 386 g/mol. The number of carbonyl (C=O) groups is 2. The molecule has 0 fully saturated rings. The molecule has 26 heavy (non-hydrogen) atoms. The third-order valence-corrected chi connectivity index (χ3v) is 5.43. The zero-order valence-electron chi connectivity index (χ0n) is 14.0. The Bertz CT molecular complexity index is 845. The molecule has 0 unspecified atom stereocenters. The zero-order chi connectivity index (χ0) is 18.2. The van der Waals surface area contributed by atoms with Gasteiger partial charge in [-0.25, -0.2) is 4.98 Å². The minimum Gasteiger partial charge on any atom is -0.460 e. The number of thiazole rings is 1. The fourth-order valence-electron chi connectivity index (χ4n) is 2.24. The van der Waals surface area contributed by atoms with Gasteiger partial charge in [-0.15, -0.1) is 22.7 Å². The molecule has 0 aliphatic heterocycles. The van der Waals surface area contributed by atoms with Crippen LogP contribution < -0.4 is 5.32 Å². The fourth-order valence-corrected chi connectivity index (χ4v) is 3.71. The molecule has 5 nitrogen and oxygen atoms in total. The Morgan fingerprint density at radius 1 is 1.12 bits per heavy atom. The summed E-state index contributed by atoms with van der Waals surface area (Å²) in [7, 11) is 0. The van der Waals surface area contributed by atoms with Gasteiger partial charge in [0.05, 0.1) is 9.75 Å². The molecule has 0 radical (unpaired) electrons. The normalized spacial score (nSPS) is 10.5. The highest BCUT2D eigenvalue weighted by Crippen LogP contribution is 2.25. The van der Waals surface area contributed by atoms with E-state index in [1.54, 1.807) is 12.3 Å². The largest absolute Gasteiger partial charge is 0.460 e. The van der Waals surface area contributed by atoms with Crippen molar-refractivity contribution >= 4 is 34.6 Å². The van der Waals surface area contributed by atoms with Gasteiger partial charge in [0.2, 0.25) is 0 Å².